The van der Waals surface area contributed by atoms with E-state index >= 15 is 0 Å². The van der Waals surface area contributed by atoms with Crippen LogP contribution in [0, 0.1) is 0 Å². The average molecular weight is 498 g/mol. The van der Waals surface area contributed by atoms with Gasteiger partial charge in [-0.3, -0.25) is 9.59 Å². The second kappa shape index (κ2) is 9.93. The van der Waals surface area contributed by atoms with Crippen LogP contribution in [0.5, 0.6) is 5.75 Å². The molecule has 0 aliphatic carbocycles. The number of likely N-dealkylation sites (tertiary alicyclic amines) is 1. The Morgan fingerprint density at radius 3 is 2.43 bits per heavy atom. The number of hydrogen-bond donors (Lipinski definition) is 1. The Kier molecular flexibility index (Phi) is 6.53. The highest BCUT2D eigenvalue weighted by Gasteiger charge is 2.46. The van der Waals surface area contributed by atoms with Crippen molar-refractivity contribution in [3.8, 4) is 5.75 Å². The van der Waals surface area contributed by atoms with Crippen molar-refractivity contribution in [2.24, 2.45) is 0 Å². The van der Waals surface area contributed by atoms with Gasteiger partial charge in [-0.25, -0.2) is 4.79 Å². The number of rotatable bonds is 6. The molecule has 7 heteroatoms. The summed E-state index contributed by atoms with van der Waals surface area (Å²) in [5, 5.41) is 11.4. The van der Waals surface area contributed by atoms with E-state index in [1.807, 2.05) is 43.3 Å². The number of methoxy groups -OCH3 is 1. The van der Waals surface area contributed by atoms with Gasteiger partial charge in [-0.05, 0) is 60.4 Å². The normalized spacial score (nSPS) is 20.0. The summed E-state index contributed by atoms with van der Waals surface area (Å²) in [5.74, 6) is -1.37. The summed E-state index contributed by atoms with van der Waals surface area (Å²) < 4.78 is 10.6. The van der Waals surface area contributed by atoms with Crippen LogP contribution in [-0.4, -0.2) is 47.4 Å². The number of Topliss-reactive ketones (excluding diaryl/α,β-unsaturated/α-hetero) is 1. The molecule has 2 heterocycles. The average Bonchev–Trinajstić information content (AvgIpc) is 3.42. The number of benzene rings is 3. The smallest absolute Gasteiger partial charge is 0.337 e. The third-order valence-corrected chi connectivity index (χ3v) is 6.84. The Labute approximate surface area is 214 Å². The Morgan fingerprint density at radius 2 is 1.73 bits per heavy atom. The van der Waals surface area contributed by atoms with E-state index in [2.05, 4.69) is 0 Å². The molecule has 7 nitrogen and oxygen atoms in total. The lowest BCUT2D eigenvalue weighted by molar-refractivity contribution is -0.139. The Hall–Kier alpha value is -4.39. The lowest BCUT2D eigenvalue weighted by Crippen LogP contribution is -2.31. The van der Waals surface area contributed by atoms with Crippen molar-refractivity contribution in [1.82, 2.24) is 4.90 Å². The molecular formula is C30H27NO6. The monoisotopic (exact) mass is 497 g/mol. The number of esters is 1. The van der Waals surface area contributed by atoms with Crippen molar-refractivity contribution in [1.29, 1.82) is 0 Å². The van der Waals surface area contributed by atoms with Gasteiger partial charge in [-0.15, -0.1) is 0 Å². The van der Waals surface area contributed by atoms with Crippen LogP contribution in [0.2, 0.25) is 0 Å². The van der Waals surface area contributed by atoms with Gasteiger partial charge >= 0.3 is 5.97 Å². The molecule has 2 aliphatic rings. The van der Waals surface area contributed by atoms with Crippen molar-refractivity contribution in [2.45, 2.75) is 31.9 Å². The number of aliphatic hydroxyl groups excluding tert-OH is 1. The van der Waals surface area contributed by atoms with Crippen LogP contribution in [0.15, 0.2) is 78.4 Å². The summed E-state index contributed by atoms with van der Waals surface area (Å²) in [6, 6.07) is 20.7. The first-order chi connectivity index (χ1) is 17.9. The van der Waals surface area contributed by atoms with E-state index in [1.54, 1.807) is 36.4 Å². The van der Waals surface area contributed by atoms with Crippen LogP contribution in [0.4, 0.5) is 0 Å². The second-order valence-electron chi connectivity index (χ2n) is 9.30. The molecule has 0 spiro atoms. The first kappa shape index (κ1) is 24.3. The summed E-state index contributed by atoms with van der Waals surface area (Å²) in [4.78, 5) is 40.0. The Morgan fingerprint density at radius 1 is 1.03 bits per heavy atom. The molecule has 0 radical (unpaired) electrons. The number of ether oxygens (including phenoxy) is 2. The predicted molar refractivity (Wildman–Crippen MR) is 137 cm³/mol. The van der Waals surface area contributed by atoms with Gasteiger partial charge in [0.15, 0.2) is 0 Å². The fourth-order valence-corrected chi connectivity index (χ4v) is 5.00. The maximum atomic E-state index is 13.3. The molecule has 0 unspecified atom stereocenters. The van der Waals surface area contributed by atoms with E-state index < -0.39 is 23.7 Å². The molecule has 0 bridgehead atoms. The molecule has 2 aliphatic heterocycles. The molecule has 2 atom stereocenters. The zero-order chi connectivity index (χ0) is 26.1. The van der Waals surface area contributed by atoms with Crippen molar-refractivity contribution >= 4 is 23.4 Å². The molecule has 1 saturated heterocycles. The number of hydrogen-bond acceptors (Lipinski definition) is 6. The van der Waals surface area contributed by atoms with E-state index in [0.29, 0.717) is 29.5 Å². The molecule has 3 aromatic rings. The fraction of sp³-hybridized carbons (Fsp3) is 0.233. The maximum absolute atomic E-state index is 13.3. The van der Waals surface area contributed by atoms with Crippen molar-refractivity contribution in [2.75, 3.05) is 13.7 Å². The zero-order valence-electron chi connectivity index (χ0n) is 20.6. The SMILES string of the molecule is COC(=O)c1ccc([C@@H]2C(=C(O)c3ccc4c(c3)C[C@H](C)O4)C(=O)C(=O)N2CCc2ccccc2)cc1. The summed E-state index contributed by atoms with van der Waals surface area (Å²) in [6.07, 6.45) is 1.27. The molecular weight excluding hydrogens is 470 g/mol. The summed E-state index contributed by atoms with van der Waals surface area (Å²) in [5.41, 5.74) is 3.40. The van der Waals surface area contributed by atoms with Crippen LogP contribution in [0.25, 0.3) is 5.76 Å². The van der Waals surface area contributed by atoms with Gasteiger partial charge in [0.05, 0.1) is 24.3 Å². The van der Waals surface area contributed by atoms with E-state index in [0.717, 1.165) is 16.9 Å². The number of fused-ring (bicyclic) bond motifs is 1. The molecule has 0 aromatic heterocycles. The van der Waals surface area contributed by atoms with Crippen molar-refractivity contribution < 1.29 is 29.0 Å². The third-order valence-electron chi connectivity index (χ3n) is 6.84. The largest absolute Gasteiger partial charge is 0.507 e. The number of carbonyl (C=O) groups is 3. The minimum atomic E-state index is -0.807. The molecule has 188 valence electrons. The minimum Gasteiger partial charge on any atom is -0.507 e. The van der Waals surface area contributed by atoms with Crippen molar-refractivity contribution in [3.63, 3.8) is 0 Å². The van der Waals surface area contributed by atoms with Crippen LogP contribution >= 0.6 is 0 Å². The number of aliphatic hydroxyl groups is 1. The molecule has 5 rings (SSSR count). The summed E-state index contributed by atoms with van der Waals surface area (Å²) in [6.45, 7) is 2.25. The molecule has 3 aromatic carbocycles. The molecule has 0 saturated carbocycles. The molecule has 1 fully saturated rings. The number of ketones is 1. The topological polar surface area (TPSA) is 93.1 Å². The van der Waals surface area contributed by atoms with Crippen LogP contribution in [0.1, 0.15) is 45.6 Å². The van der Waals surface area contributed by atoms with Crippen LogP contribution in [-0.2, 0) is 27.2 Å². The van der Waals surface area contributed by atoms with E-state index in [4.69, 9.17) is 9.47 Å². The van der Waals surface area contributed by atoms with Gasteiger partial charge < -0.3 is 19.5 Å². The second-order valence-corrected chi connectivity index (χ2v) is 9.30. The van der Waals surface area contributed by atoms with Gasteiger partial charge in [-0.1, -0.05) is 42.5 Å². The summed E-state index contributed by atoms with van der Waals surface area (Å²) >= 11 is 0. The lowest BCUT2D eigenvalue weighted by Gasteiger charge is -2.25. The van der Waals surface area contributed by atoms with Crippen LogP contribution in [0.3, 0.4) is 0 Å². The van der Waals surface area contributed by atoms with E-state index in [1.165, 1.54) is 12.0 Å². The third kappa shape index (κ3) is 4.60. The molecule has 1 N–H and O–H groups in total. The van der Waals surface area contributed by atoms with Gasteiger partial charge in [0.2, 0.25) is 0 Å². The highest BCUT2D eigenvalue weighted by molar-refractivity contribution is 6.46. The molecule has 1 amide bonds. The quantitative estimate of drug-likeness (QED) is 0.234. The van der Waals surface area contributed by atoms with Gasteiger partial charge in [-0.2, -0.15) is 0 Å². The summed E-state index contributed by atoms with van der Waals surface area (Å²) in [7, 11) is 1.30. The highest BCUT2D eigenvalue weighted by Crippen LogP contribution is 2.40. The Balaban J connectivity index is 1.57. The highest BCUT2D eigenvalue weighted by atomic mass is 16.5. The number of amides is 1. The van der Waals surface area contributed by atoms with Crippen molar-refractivity contribution in [3.05, 3.63) is 106 Å². The minimum absolute atomic E-state index is 0.0239. The zero-order valence-corrected chi connectivity index (χ0v) is 20.6. The Bertz CT molecular complexity index is 1390. The van der Waals surface area contributed by atoms with Gasteiger partial charge in [0.1, 0.15) is 17.6 Å². The lowest BCUT2D eigenvalue weighted by atomic mass is 9.93. The standard InChI is InChI=1S/C30H27NO6/c1-18-16-23-17-22(12-13-24(23)37-18)27(32)25-26(20-8-10-21(11-9-20)30(35)36-2)31(29(34)28(25)33)15-14-19-6-4-3-5-7-19/h3-13,17-18,26,32H,14-16H2,1-2H3/t18-,26+/m0/s1. The number of carbonyl (C=O) groups excluding carboxylic acids is 3. The van der Waals surface area contributed by atoms with Gasteiger partial charge in [0, 0.05) is 18.5 Å². The first-order valence-corrected chi connectivity index (χ1v) is 12.2. The van der Waals surface area contributed by atoms with Crippen LogP contribution < -0.4 is 4.74 Å². The van der Waals surface area contributed by atoms with E-state index in [9.17, 15) is 19.5 Å². The fourth-order valence-electron chi connectivity index (χ4n) is 5.00. The molecule has 37 heavy (non-hydrogen) atoms. The number of nitrogens with zero attached hydrogens (tertiary/aromatic N) is 1. The van der Waals surface area contributed by atoms with E-state index in [-0.39, 0.29) is 24.0 Å². The predicted octanol–water partition coefficient (Wildman–Crippen LogP) is 4.46. The first-order valence-electron chi connectivity index (χ1n) is 12.2. The van der Waals surface area contributed by atoms with Gasteiger partial charge in [0.25, 0.3) is 11.7 Å². The maximum Gasteiger partial charge on any atom is 0.337 e.